The first kappa shape index (κ1) is 15.2. The van der Waals surface area contributed by atoms with Crippen LogP contribution >= 0.6 is 9.12 Å². The maximum absolute atomic E-state index is 12.2. The Morgan fingerprint density at radius 3 is 2.55 bits per heavy atom. The van der Waals surface area contributed by atoms with E-state index in [1.165, 1.54) is 6.42 Å². The van der Waals surface area contributed by atoms with Crippen molar-refractivity contribution in [2.75, 3.05) is 19.9 Å². The second-order valence-electron chi connectivity index (χ2n) is 5.00. The van der Waals surface area contributed by atoms with Crippen LogP contribution in [0.5, 0.6) is 11.5 Å². The van der Waals surface area contributed by atoms with Crippen molar-refractivity contribution in [2.45, 2.75) is 26.1 Å². The van der Waals surface area contributed by atoms with E-state index in [1.54, 1.807) is 12.1 Å². The van der Waals surface area contributed by atoms with Gasteiger partial charge in [0.05, 0.1) is 0 Å². The zero-order chi connectivity index (χ0) is 14.4. The van der Waals surface area contributed by atoms with E-state index in [2.05, 4.69) is 15.9 Å². The van der Waals surface area contributed by atoms with E-state index in [4.69, 9.17) is 9.47 Å². The summed E-state index contributed by atoms with van der Waals surface area (Å²) in [6.45, 7) is 4.61. The molecule has 0 bridgehead atoms. The second-order valence-corrected chi connectivity index (χ2v) is 6.15. The number of hydrogen-bond donors (Lipinski definition) is 0. The number of ether oxygens (including phenoxy) is 2. The fraction of sp³-hybridized carbons (Fsp3) is 0.500. The first-order valence-electron chi connectivity index (χ1n) is 7.61. The summed E-state index contributed by atoms with van der Waals surface area (Å²) in [6, 6.07) is 5.39. The molecular weight excluding hydrogens is 272 g/mol. The summed E-state index contributed by atoms with van der Waals surface area (Å²) < 4.78 is 10.5. The molecular formula is C14H22BNO3P-. The molecule has 2 aliphatic heterocycles. The lowest BCUT2D eigenvalue weighted by Gasteiger charge is -2.26. The Morgan fingerprint density at radius 1 is 1.20 bits per heavy atom. The maximum atomic E-state index is 12.2. The zero-order valence-electron chi connectivity index (χ0n) is 12.2. The van der Waals surface area contributed by atoms with Gasteiger partial charge in [0.25, 0.3) is 5.91 Å². The molecule has 0 radical (unpaired) electrons. The number of benzene rings is 1. The zero-order valence-corrected chi connectivity index (χ0v) is 13.4. The summed E-state index contributed by atoms with van der Waals surface area (Å²) in [7, 11) is 2.70. The number of likely N-dealkylation sites (tertiary alicyclic amines) is 1. The molecule has 1 atom stereocenters. The minimum Gasteiger partial charge on any atom is -0.454 e. The summed E-state index contributed by atoms with van der Waals surface area (Å²) in [5, 5.41) is 0. The number of amides is 1. The average Bonchev–Trinajstić information content (AvgIpc) is 2.95. The molecule has 0 spiro atoms. The molecule has 4 nitrogen and oxygen atoms in total. The van der Waals surface area contributed by atoms with Crippen LogP contribution in [0.1, 0.15) is 29.6 Å². The van der Waals surface area contributed by atoms with E-state index in [1.807, 2.05) is 11.0 Å². The van der Waals surface area contributed by atoms with Gasteiger partial charge in [-0.3, -0.25) is 4.79 Å². The standard InChI is InChI=1S/C13H15NO3.CH7BP/c15-13(14-6-2-1-3-7-14)10-4-5-11-12(8-10)17-9-16-11;1-2-3/h4-5,8H,1-3,6-7,9H2;2-3H2,1H3/q;-1. The molecule has 1 fully saturated rings. The van der Waals surface area contributed by atoms with Gasteiger partial charge in [0.15, 0.2) is 11.5 Å². The monoisotopic (exact) mass is 294 g/mol. The highest BCUT2D eigenvalue weighted by Crippen LogP contribution is 2.32. The lowest BCUT2D eigenvalue weighted by atomic mass is 10.1. The first-order valence-corrected chi connectivity index (χ1v) is 8.77. The molecule has 3 rings (SSSR count). The highest BCUT2D eigenvalue weighted by Gasteiger charge is 2.21. The summed E-state index contributed by atoms with van der Waals surface area (Å²) >= 11 is 0. The fourth-order valence-electron chi connectivity index (χ4n) is 2.31. The normalized spacial score (nSPS) is 16.4. The largest absolute Gasteiger partial charge is 0.454 e. The predicted octanol–water partition coefficient (Wildman–Crippen LogP) is 2.03. The quantitative estimate of drug-likeness (QED) is 0.587. The molecule has 0 aromatic heterocycles. The highest BCUT2D eigenvalue weighted by molar-refractivity contribution is 7.55. The van der Waals surface area contributed by atoms with Crippen molar-refractivity contribution in [3.63, 3.8) is 0 Å². The van der Waals surface area contributed by atoms with Gasteiger partial charge in [-0.25, -0.2) is 0 Å². The Labute approximate surface area is 123 Å². The van der Waals surface area contributed by atoms with Crippen LogP contribution in [0.2, 0.25) is 6.82 Å². The van der Waals surface area contributed by atoms with Gasteiger partial charge in [0, 0.05) is 18.7 Å². The Bertz CT molecular complexity index is 464. The number of carbonyl (C=O) groups excluding carboxylic acids is 1. The molecule has 2 aliphatic rings. The van der Waals surface area contributed by atoms with Crippen LogP contribution in [-0.4, -0.2) is 37.7 Å². The molecule has 0 aliphatic carbocycles. The lowest BCUT2D eigenvalue weighted by molar-refractivity contribution is 0.0724. The fourth-order valence-corrected chi connectivity index (χ4v) is 2.31. The van der Waals surface area contributed by atoms with Gasteiger partial charge in [-0.05, 0) is 44.5 Å². The number of rotatable bonds is 1. The van der Waals surface area contributed by atoms with Gasteiger partial charge >= 0.3 is 0 Å². The van der Waals surface area contributed by atoms with Crippen molar-refractivity contribution in [3.05, 3.63) is 23.8 Å². The Morgan fingerprint density at radius 2 is 1.85 bits per heavy atom. The van der Waals surface area contributed by atoms with Crippen LogP contribution in [-0.2, 0) is 0 Å². The molecule has 0 saturated carbocycles. The first-order chi connectivity index (χ1) is 9.76. The summed E-state index contributed by atoms with van der Waals surface area (Å²) in [6.07, 6.45) is 3.44. The topological polar surface area (TPSA) is 38.8 Å². The van der Waals surface area contributed by atoms with E-state index in [-0.39, 0.29) is 12.7 Å². The molecule has 1 unspecified atom stereocenters. The number of fused-ring (bicyclic) bond motifs is 1. The Kier molecular flexibility index (Phi) is 5.72. The molecule has 110 valence electrons. The van der Waals surface area contributed by atoms with Crippen molar-refractivity contribution in [2.24, 2.45) is 0 Å². The maximum Gasteiger partial charge on any atom is 0.253 e. The minimum absolute atomic E-state index is 0.100. The number of piperidine rings is 1. The molecule has 1 amide bonds. The predicted molar refractivity (Wildman–Crippen MR) is 86.4 cm³/mol. The number of hydrogen-bond acceptors (Lipinski definition) is 3. The van der Waals surface area contributed by atoms with E-state index < -0.39 is 0 Å². The van der Waals surface area contributed by atoms with E-state index in [9.17, 15) is 4.79 Å². The Balaban J connectivity index is 0.000000452. The van der Waals surface area contributed by atoms with Gasteiger partial charge in [0.2, 0.25) is 6.79 Å². The van der Waals surface area contributed by atoms with Gasteiger partial charge in [0.1, 0.15) is 0 Å². The highest BCUT2D eigenvalue weighted by atomic mass is 31.0. The van der Waals surface area contributed by atoms with Crippen molar-refractivity contribution in [1.29, 1.82) is 0 Å². The third-order valence-electron chi connectivity index (χ3n) is 3.26. The van der Waals surface area contributed by atoms with Gasteiger partial charge < -0.3 is 23.5 Å². The van der Waals surface area contributed by atoms with Gasteiger partial charge in [-0.15, -0.1) is 0 Å². The van der Waals surface area contributed by atoms with E-state index in [0.29, 0.717) is 18.3 Å². The molecule has 20 heavy (non-hydrogen) atoms. The van der Waals surface area contributed by atoms with Crippen molar-refractivity contribution in [3.8, 4) is 11.5 Å². The molecule has 6 heteroatoms. The summed E-state index contributed by atoms with van der Waals surface area (Å²) in [4.78, 5) is 14.1. The van der Waals surface area contributed by atoms with Crippen LogP contribution in [0.15, 0.2) is 18.2 Å². The van der Waals surface area contributed by atoms with Crippen molar-refractivity contribution in [1.82, 2.24) is 4.90 Å². The smallest absolute Gasteiger partial charge is 0.253 e. The summed E-state index contributed by atoms with van der Waals surface area (Å²) in [5.74, 6) is 1.50. The number of carbonyl (C=O) groups is 1. The lowest BCUT2D eigenvalue weighted by Crippen LogP contribution is -2.35. The Hall–Kier alpha value is -1.22. The van der Waals surface area contributed by atoms with Crippen LogP contribution in [0, 0.1) is 0 Å². The second kappa shape index (κ2) is 7.54. The molecule has 1 aromatic rings. The molecule has 2 heterocycles. The van der Waals surface area contributed by atoms with Gasteiger partial charge in [-0.1, -0.05) is 0 Å². The van der Waals surface area contributed by atoms with Crippen LogP contribution in [0.3, 0.4) is 0 Å². The molecule has 1 saturated heterocycles. The van der Waals surface area contributed by atoms with Gasteiger partial charge in [-0.2, -0.15) is 6.82 Å². The van der Waals surface area contributed by atoms with Crippen LogP contribution in [0.25, 0.3) is 0 Å². The number of nitrogens with zero attached hydrogens (tertiary/aromatic N) is 1. The molecule has 1 aromatic carbocycles. The molecule has 0 N–H and O–H groups in total. The summed E-state index contributed by atoms with van der Waals surface area (Å²) in [5.41, 5.74) is 0.691. The minimum atomic E-state index is 0.100. The average molecular weight is 294 g/mol. The van der Waals surface area contributed by atoms with Crippen LogP contribution in [0.4, 0.5) is 0 Å². The third kappa shape index (κ3) is 3.66. The van der Waals surface area contributed by atoms with E-state index in [0.717, 1.165) is 31.7 Å². The van der Waals surface area contributed by atoms with E-state index >= 15 is 0 Å². The SMILES string of the molecule is C[BH2-]P.O=C(c1ccc2c(c1)OCO2)N1CCCCC1. The van der Waals surface area contributed by atoms with Crippen LogP contribution < -0.4 is 9.47 Å². The third-order valence-corrected chi connectivity index (χ3v) is 3.26. The van der Waals surface area contributed by atoms with Crippen molar-refractivity contribution >= 4 is 22.0 Å². The van der Waals surface area contributed by atoms with Crippen molar-refractivity contribution < 1.29 is 14.3 Å².